The zero-order valence-corrected chi connectivity index (χ0v) is 13.9. The molecule has 1 N–H and O–H groups in total. The predicted molar refractivity (Wildman–Crippen MR) is 83.7 cm³/mol. The average molecular weight is 347 g/mol. The number of nitrogens with zero attached hydrogens (tertiary/aromatic N) is 1. The monoisotopic (exact) mass is 346 g/mol. The van der Waals surface area contributed by atoms with E-state index in [1.165, 1.54) is 25.3 Å². The Kier molecular flexibility index (Phi) is 5.80. The van der Waals surface area contributed by atoms with E-state index in [1.54, 1.807) is 4.90 Å². The highest BCUT2D eigenvalue weighted by molar-refractivity contribution is 7.89. The lowest BCUT2D eigenvalue weighted by atomic mass is 10.2. The van der Waals surface area contributed by atoms with Crippen molar-refractivity contribution >= 4 is 27.5 Å². The highest BCUT2D eigenvalue weighted by Gasteiger charge is 2.24. The first-order valence-corrected chi connectivity index (χ1v) is 8.89. The number of nitrogens with one attached hydrogen (secondary N) is 1. The van der Waals surface area contributed by atoms with Crippen LogP contribution >= 0.6 is 11.6 Å². The van der Waals surface area contributed by atoms with E-state index in [-0.39, 0.29) is 34.5 Å². The first-order chi connectivity index (χ1) is 10.5. The summed E-state index contributed by atoms with van der Waals surface area (Å²) in [5.74, 6) is -0.226. The number of rotatable bonds is 6. The smallest absolute Gasteiger partial charge is 0.255 e. The lowest BCUT2D eigenvalue weighted by molar-refractivity contribution is 0.0792. The van der Waals surface area contributed by atoms with Gasteiger partial charge in [-0.05, 0) is 31.0 Å². The van der Waals surface area contributed by atoms with Crippen molar-refractivity contribution in [2.45, 2.75) is 17.7 Å². The molecular weight excluding hydrogens is 328 g/mol. The van der Waals surface area contributed by atoms with Gasteiger partial charge in [0.2, 0.25) is 10.0 Å². The summed E-state index contributed by atoms with van der Waals surface area (Å²) in [6, 6.07) is 4.16. The predicted octanol–water partition coefficient (Wildman–Crippen LogP) is 1.50. The minimum absolute atomic E-state index is 0.0237. The molecule has 0 spiro atoms. The van der Waals surface area contributed by atoms with E-state index in [9.17, 15) is 13.2 Å². The highest BCUT2D eigenvalue weighted by Crippen LogP contribution is 2.23. The highest BCUT2D eigenvalue weighted by atomic mass is 35.5. The van der Waals surface area contributed by atoms with Gasteiger partial charge in [0, 0.05) is 26.7 Å². The number of ether oxygens (including phenoxy) is 1. The topological polar surface area (TPSA) is 75.7 Å². The van der Waals surface area contributed by atoms with Crippen molar-refractivity contribution in [3.05, 3.63) is 28.8 Å². The Morgan fingerprint density at radius 3 is 2.68 bits per heavy atom. The van der Waals surface area contributed by atoms with Crippen LogP contribution in [0.1, 0.15) is 23.2 Å². The molecular formula is C14H19ClN2O4S. The van der Waals surface area contributed by atoms with Crippen molar-refractivity contribution in [1.29, 1.82) is 0 Å². The third-order valence-corrected chi connectivity index (χ3v) is 5.26. The van der Waals surface area contributed by atoms with E-state index in [0.717, 1.165) is 12.8 Å². The van der Waals surface area contributed by atoms with Gasteiger partial charge in [-0.15, -0.1) is 0 Å². The molecule has 0 radical (unpaired) electrons. The van der Waals surface area contributed by atoms with Crippen LogP contribution in [0, 0.1) is 0 Å². The van der Waals surface area contributed by atoms with Gasteiger partial charge in [-0.2, -0.15) is 0 Å². The number of likely N-dealkylation sites (tertiary alicyclic amines) is 1. The normalized spacial score (nSPS) is 15.3. The summed E-state index contributed by atoms with van der Waals surface area (Å²) in [6.45, 7) is 1.79. The second-order valence-corrected chi connectivity index (χ2v) is 7.21. The molecule has 1 aliphatic heterocycles. The summed E-state index contributed by atoms with van der Waals surface area (Å²) in [6.07, 6.45) is 1.92. The van der Waals surface area contributed by atoms with E-state index >= 15 is 0 Å². The minimum atomic E-state index is -3.69. The van der Waals surface area contributed by atoms with Crippen LogP contribution in [0.5, 0.6) is 0 Å². The molecule has 1 heterocycles. The van der Waals surface area contributed by atoms with Crippen LogP contribution in [0.3, 0.4) is 0 Å². The lowest BCUT2D eigenvalue weighted by Crippen LogP contribution is -2.29. The standard InChI is InChI=1S/C14H19ClN2O4S/c1-21-9-6-16-22(19,20)11-4-5-13(15)12(10-11)14(18)17-7-2-3-8-17/h4-5,10,16H,2-3,6-9H2,1H3. The van der Waals surface area contributed by atoms with Crippen molar-refractivity contribution in [2.75, 3.05) is 33.4 Å². The molecule has 1 fully saturated rings. The van der Waals surface area contributed by atoms with Gasteiger partial charge >= 0.3 is 0 Å². The second-order valence-electron chi connectivity index (χ2n) is 5.03. The zero-order chi connectivity index (χ0) is 16.2. The third kappa shape index (κ3) is 3.98. The van der Waals surface area contributed by atoms with Crippen molar-refractivity contribution in [2.24, 2.45) is 0 Å². The molecule has 6 nitrogen and oxygen atoms in total. The van der Waals surface area contributed by atoms with Gasteiger partial charge in [-0.1, -0.05) is 11.6 Å². The van der Waals surface area contributed by atoms with Gasteiger partial charge in [0.1, 0.15) is 0 Å². The van der Waals surface area contributed by atoms with Crippen LogP contribution < -0.4 is 4.72 Å². The Labute approximate surface area is 135 Å². The fraction of sp³-hybridized carbons (Fsp3) is 0.500. The number of hydrogen-bond acceptors (Lipinski definition) is 4. The van der Waals surface area contributed by atoms with Gasteiger partial charge in [0.05, 0.1) is 22.1 Å². The van der Waals surface area contributed by atoms with Crippen molar-refractivity contribution < 1.29 is 17.9 Å². The SMILES string of the molecule is COCCNS(=O)(=O)c1ccc(Cl)c(C(=O)N2CCCC2)c1. The molecule has 0 atom stereocenters. The Morgan fingerprint density at radius 2 is 2.05 bits per heavy atom. The van der Waals surface area contributed by atoms with Gasteiger partial charge in [-0.25, -0.2) is 13.1 Å². The number of amides is 1. The molecule has 1 saturated heterocycles. The molecule has 2 rings (SSSR count). The maximum absolute atomic E-state index is 12.4. The molecule has 0 bridgehead atoms. The molecule has 122 valence electrons. The van der Waals surface area contributed by atoms with Crippen LogP contribution in [0.15, 0.2) is 23.1 Å². The van der Waals surface area contributed by atoms with Crippen LogP contribution in [-0.4, -0.2) is 52.6 Å². The molecule has 22 heavy (non-hydrogen) atoms. The Hall–Kier alpha value is -1.15. The number of hydrogen-bond donors (Lipinski definition) is 1. The Balaban J connectivity index is 2.24. The molecule has 0 aromatic heterocycles. The number of methoxy groups -OCH3 is 1. The van der Waals surface area contributed by atoms with Gasteiger partial charge in [0.25, 0.3) is 5.91 Å². The minimum Gasteiger partial charge on any atom is -0.383 e. The molecule has 1 aromatic rings. The zero-order valence-electron chi connectivity index (χ0n) is 12.3. The van der Waals surface area contributed by atoms with Crippen molar-refractivity contribution in [3.8, 4) is 0 Å². The maximum atomic E-state index is 12.4. The van der Waals surface area contributed by atoms with Gasteiger partial charge < -0.3 is 9.64 Å². The van der Waals surface area contributed by atoms with Crippen LogP contribution in [-0.2, 0) is 14.8 Å². The fourth-order valence-corrected chi connectivity index (χ4v) is 3.52. The number of carbonyl (C=O) groups is 1. The molecule has 0 unspecified atom stereocenters. The van der Waals surface area contributed by atoms with Crippen LogP contribution in [0.4, 0.5) is 0 Å². The Bertz CT molecular complexity index is 642. The molecule has 0 saturated carbocycles. The van der Waals surface area contributed by atoms with E-state index < -0.39 is 10.0 Å². The Morgan fingerprint density at radius 1 is 1.36 bits per heavy atom. The number of sulfonamides is 1. The molecule has 1 aliphatic rings. The van der Waals surface area contributed by atoms with Gasteiger partial charge in [0.15, 0.2) is 0 Å². The van der Waals surface area contributed by atoms with Crippen molar-refractivity contribution in [1.82, 2.24) is 9.62 Å². The molecule has 8 heteroatoms. The lowest BCUT2D eigenvalue weighted by Gasteiger charge is -2.17. The summed E-state index contributed by atoms with van der Waals surface area (Å²) in [4.78, 5) is 14.1. The van der Waals surface area contributed by atoms with Gasteiger partial charge in [-0.3, -0.25) is 4.79 Å². The first-order valence-electron chi connectivity index (χ1n) is 7.03. The quantitative estimate of drug-likeness (QED) is 0.792. The summed E-state index contributed by atoms with van der Waals surface area (Å²) in [7, 11) is -2.20. The van der Waals surface area contributed by atoms with E-state index in [1.807, 2.05) is 0 Å². The van der Waals surface area contributed by atoms with E-state index in [2.05, 4.69) is 4.72 Å². The third-order valence-electron chi connectivity index (χ3n) is 3.47. The summed E-state index contributed by atoms with van der Waals surface area (Å²) >= 11 is 6.06. The molecule has 1 aromatic carbocycles. The molecule has 1 amide bonds. The fourth-order valence-electron chi connectivity index (χ4n) is 2.29. The van der Waals surface area contributed by atoms with Crippen LogP contribution in [0.2, 0.25) is 5.02 Å². The van der Waals surface area contributed by atoms with E-state index in [4.69, 9.17) is 16.3 Å². The molecule has 0 aliphatic carbocycles. The largest absolute Gasteiger partial charge is 0.383 e. The number of benzene rings is 1. The first kappa shape index (κ1) is 17.2. The summed E-state index contributed by atoms with van der Waals surface area (Å²) in [5.41, 5.74) is 0.221. The van der Waals surface area contributed by atoms with Crippen LogP contribution in [0.25, 0.3) is 0 Å². The number of carbonyl (C=O) groups excluding carboxylic acids is 1. The second kappa shape index (κ2) is 7.41. The summed E-state index contributed by atoms with van der Waals surface area (Å²) in [5, 5.41) is 0.257. The van der Waals surface area contributed by atoms with Crippen molar-refractivity contribution in [3.63, 3.8) is 0 Å². The maximum Gasteiger partial charge on any atom is 0.255 e. The van der Waals surface area contributed by atoms with E-state index in [0.29, 0.717) is 13.1 Å². The number of halogens is 1. The summed E-state index contributed by atoms with van der Waals surface area (Å²) < 4.78 is 31.6. The average Bonchev–Trinajstić information content (AvgIpc) is 3.01.